The van der Waals surface area contributed by atoms with E-state index >= 15 is 0 Å². The van der Waals surface area contributed by atoms with Crippen LogP contribution >= 0.6 is 11.6 Å². The van der Waals surface area contributed by atoms with E-state index in [0.717, 1.165) is 16.9 Å². The van der Waals surface area contributed by atoms with Crippen molar-refractivity contribution in [3.8, 4) is 5.75 Å². The second-order valence-corrected chi connectivity index (χ2v) is 3.62. The molecule has 1 N–H and O–H groups in total. The maximum atomic E-state index is 9.37. The molecule has 0 saturated carbocycles. The van der Waals surface area contributed by atoms with E-state index in [2.05, 4.69) is 0 Å². The highest BCUT2D eigenvalue weighted by molar-refractivity contribution is 6.18. The molecule has 0 spiro atoms. The summed E-state index contributed by atoms with van der Waals surface area (Å²) in [5, 5.41) is 9.37. The van der Waals surface area contributed by atoms with Crippen LogP contribution in [-0.2, 0) is 6.42 Å². The first-order chi connectivity index (χ1) is 6.67. The second kappa shape index (κ2) is 5.23. The quantitative estimate of drug-likeness (QED) is 0.779. The minimum atomic E-state index is -0.468. The van der Waals surface area contributed by atoms with E-state index in [-0.39, 0.29) is 5.88 Å². The van der Waals surface area contributed by atoms with Crippen LogP contribution < -0.4 is 4.74 Å². The Morgan fingerprint density at radius 2 is 2.21 bits per heavy atom. The molecule has 14 heavy (non-hydrogen) atoms. The average Bonchev–Trinajstić information content (AvgIpc) is 2.18. The average molecular weight is 215 g/mol. The van der Waals surface area contributed by atoms with E-state index in [1.165, 1.54) is 0 Å². The van der Waals surface area contributed by atoms with E-state index in [9.17, 15) is 5.11 Å². The molecule has 0 saturated heterocycles. The largest absolute Gasteiger partial charge is 0.496 e. The number of benzene rings is 1. The fourth-order valence-corrected chi connectivity index (χ4v) is 1.50. The van der Waals surface area contributed by atoms with Gasteiger partial charge in [0.25, 0.3) is 0 Å². The van der Waals surface area contributed by atoms with Crippen molar-refractivity contribution in [3.63, 3.8) is 0 Å². The molecular weight excluding hydrogens is 200 g/mol. The van der Waals surface area contributed by atoms with Gasteiger partial charge in [0.15, 0.2) is 0 Å². The Labute approximate surface area is 89.5 Å². The second-order valence-electron chi connectivity index (χ2n) is 3.32. The van der Waals surface area contributed by atoms with Crippen molar-refractivity contribution < 1.29 is 9.84 Å². The minimum Gasteiger partial charge on any atom is -0.496 e. The first kappa shape index (κ1) is 11.3. The SMILES string of the molecule is COc1ccc(C[C@@H](O)CCl)cc1C. The van der Waals surface area contributed by atoms with Gasteiger partial charge in [-0.2, -0.15) is 0 Å². The molecule has 1 rings (SSSR count). The summed E-state index contributed by atoms with van der Waals surface area (Å²) >= 11 is 5.53. The number of halogens is 1. The van der Waals surface area contributed by atoms with Crippen LogP contribution in [0.1, 0.15) is 11.1 Å². The van der Waals surface area contributed by atoms with Crippen LogP contribution in [0.4, 0.5) is 0 Å². The third-order valence-corrected chi connectivity index (χ3v) is 2.46. The summed E-state index contributed by atoms with van der Waals surface area (Å²) in [5.74, 6) is 1.14. The van der Waals surface area contributed by atoms with Gasteiger partial charge < -0.3 is 9.84 Å². The fraction of sp³-hybridized carbons (Fsp3) is 0.455. The van der Waals surface area contributed by atoms with Crippen LogP contribution in [0.15, 0.2) is 18.2 Å². The summed E-state index contributed by atoms with van der Waals surface area (Å²) in [7, 11) is 1.65. The van der Waals surface area contributed by atoms with Crippen molar-refractivity contribution in [1.82, 2.24) is 0 Å². The van der Waals surface area contributed by atoms with Crippen LogP contribution in [-0.4, -0.2) is 24.2 Å². The Morgan fingerprint density at radius 3 is 2.71 bits per heavy atom. The lowest BCUT2D eigenvalue weighted by Crippen LogP contribution is -2.11. The number of ether oxygens (including phenoxy) is 1. The highest BCUT2D eigenvalue weighted by atomic mass is 35.5. The van der Waals surface area contributed by atoms with Crippen molar-refractivity contribution in [2.24, 2.45) is 0 Å². The summed E-state index contributed by atoms with van der Waals surface area (Å²) in [4.78, 5) is 0. The lowest BCUT2D eigenvalue weighted by molar-refractivity contribution is 0.198. The molecule has 0 unspecified atom stereocenters. The van der Waals surface area contributed by atoms with E-state index < -0.39 is 6.10 Å². The zero-order valence-corrected chi connectivity index (χ0v) is 9.21. The predicted molar refractivity (Wildman–Crippen MR) is 58.2 cm³/mol. The topological polar surface area (TPSA) is 29.5 Å². The Balaban J connectivity index is 2.76. The third-order valence-electron chi connectivity index (χ3n) is 2.11. The first-order valence-electron chi connectivity index (χ1n) is 4.55. The molecule has 3 heteroatoms. The Hall–Kier alpha value is -0.730. The predicted octanol–water partition coefficient (Wildman–Crippen LogP) is 2.15. The van der Waals surface area contributed by atoms with Crippen molar-refractivity contribution >= 4 is 11.6 Å². The maximum absolute atomic E-state index is 9.37. The number of methoxy groups -OCH3 is 1. The number of aliphatic hydroxyl groups excluding tert-OH is 1. The highest BCUT2D eigenvalue weighted by Gasteiger charge is 2.05. The van der Waals surface area contributed by atoms with Crippen molar-refractivity contribution in [3.05, 3.63) is 29.3 Å². The fourth-order valence-electron chi connectivity index (χ4n) is 1.39. The van der Waals surface area contributed by atoms with E-state index in [1.54, 1.807) is 7.11 Å². The molecule has 0 radical (unpaired) electrons. The van der Waals surface area contributed by atoms with Gasteiger partial charge in [0.05, 0.1) is 13.2 Å². The van der Waals surface area contributed by atoms with Gasteiger partial charge in [-0.3, -0.25) is 0 Å². The zero-order chi connectivity index (χ0) is 10.6. The van der Waals surface area contributed by atoms with E-state index in [1.807, 2.05) is 25.1 Å². The van der Waals surface area contributed by atoms with Gasteiger partial charge in [-0.1, -0.05) is 12.1 Å². The van der Waals surface area contributed by atoms with Gasteiger partial charge in [0, 0.05) is 5.88 Å². The molecule has 0 aliphatic carbocycles. The van der Waals surface area contributed by atoms with Crippen LogP contribution in [0.3, 0.4) is 0 Å². The minimum absolute atomic E-state index is 0.269. The van der Waals surface area contributed by atoms with Crippen LogP contribution in [0.5, 0.6) is 5.75 Å². The van der Waals surface area contributed by atoms with Gasteiger partial charge in [0.1, 0.15) is 5.75 Å². The van der Waals surface area contributed by atoms with E-state index in [0.29, 0.717) is 6.42 Å². The maximum Gasteiger partial charge on any atom is 0.121 e. The zero-order valence-electron chi connectivity index (χ0n) is 8.46. The number of hydrogen-bond acceptors (Lipinski definition) is 2. The number of rotatable bonds is 4. The smallest absolute Gasteiger partial charge is 0.121 e. The Morgan fingerprint density at radius 1 is 1.50 bits per heavy atom. The molecule has 2 nitrogen and oxygen atoms in total. The van der Waals surface area contributed by atoms with Crippen LogP contribution in [0.2, 0.25) is 0 Å². The molecule has 0 bridgehead atoms. The van der Waals surface area contributed by atoms with Crippen molar-refractivity contribution in [1.29, 1.82) is 0 Å². The van der Waals surface area contributed by atoms with Gasteiger partial charge in [-0.05, 0) is 30.5 Å². The molecule has 0 aliphatic rings. The van der Waals surface area contributed by atoms with Gasteiger partial charge in [-0.15, -0.1) is 11.6 Å². The summed E-state index contributed by atoms with van der Waals surface area (Å²) in [5.41, 5.74) is 2.16. The van der Waals surface area contributed by atoms with Gasteiger partial charge >= 0.3 is 0 Å². The lowest BCUT2D eigenvalue weighted by Gasteiger charge is -2.09. The normalized spacial score (nSPS) is 12.6. The first-order valence-corrected chi connectivity index (χ1v) is 5.08. The molecule has 0 amide bonds. The number of hydrogen-bond donors (Lipinski definition) is 1. The molecule has 0 aromatic heterocycles. The molecule has 78 valence electrons. The third kappa shape index (κ3) is 2.89. The molecule has 1 aromatic carbocycles. The number of aryl methyl sites for hydroxylation is 1. The Kier molecular flexibility index (Phi) is 4.23. The summed E-state index contributed by atoms with van der Waals surface area (Å²) in [6.45, 7) is 1.98. The molecular formula is C11H15ClO2. The molecule has 0 fully saturated rings. The lowest BCUT2D eigenvalue weighted by atomic mass is 10.1. The standard InChI is InChI=1S/C11H15ClO2/c1-8-5-9(6-10(13)7-12)3-4-11(8)14-2/h3-5,10,13H,6-7H2,1-2H3/t10-/m1/s1. The summed E-state index contributed by atoms with van der Waals surface area (Å²) < 4.78 is 5.14. The summed E-state index contributed by atoms with van der Waals surface area (Å²) in [6.07, 6.45) is 0.124. The van der Waals surface area contributed by atoms with Gasteiger partial charge in [-0.25, -0.2) is 0 Å². The number of alkyl halides is 1. The van der Waals surface area contributed by atoms with Gasteiger partial charge in [0.2, 0.25) is 0 Å². The highest BCUT2D eigenvalue weighted by Crippen LogP contribution is 2.19. The molecule has 0 heterocycles. The van der Waals surface area contributed by atoms with Crippen LogP contribution in [0.25, 0.3) is 0 Å². The number of aliphatic hydroxyl groups is 1. The Bertz CT molecular complexity index is 299. The molecule has 1 aromatic rings. The van der Waals surface area contributed by atoms with Crippen LogP contribution in [0, 0.1) is 6.92 Å². The van der Waals surface area contributed by atoms with E-state index in [4.69, 9.17) is 16.3 Å². The van der Waals surface area contributed by atoms with Crippen molar-refractivity contribution in [2.45, 2.75) is 19.4 Å². The van der Waals surface area contributed by atoms with Crippen molar-refractivity contribution in [2.75, 3.05) is 13.0 Å². The monoisotopic (exact) mass is 214 g/mol. The molecule has 1 atom stereocenters. The molecule has 0 aliphatic heterocycles. The summed E-state index contributed by atoms with van der Waals surface area (Å²) in [6, 6.07) is 5.86.